The summed E-state index contributed by atoms with van der Waals surface area (Å²) in [4.78, 5) is 11.3. The minimum absolute atomic E-state index is 0.0645. The van der Waals surface area contributed by atoms with Gasteiger partial charge in [-0.3, -0.25) is 4.79 Å². The lowest BCUT2D eigenvalue weighted by molar-refractivity contribution is -2.00. The van der Waals surface area contributed by atoms with Crippen LogP contribution in [0.2, 0.25) is 0 Å². The van der Waals surface area contributed by atoms with Crippen molar-refractivity contribution < 1.29 is 43.3 Å². The maximum absolute atomic E-state index is 11.3. The van der Waals surface area contributed by atoms with Gasteiger partial charge in [0.15, 0.2) is 6.54 Å². The van der Waals surface area contributed by atoms with E-state index in [0.29, 0.717) is 6.54 Å². The molecular weight excluding hydrogens is 458 g/mol. The van der Waals surface area contributed by atoms with Crippen molar-refractivity contribution in [3.05, 3.63) is 103 Å². The van der Waals surface area contributed by atoms with Crippen LogP contribution in [0.3, 0.4) is 0 Å². The van der Waals surface area contributed by atoms with Gasteiger partial charge in [-0.1, -0.05) is 66.7 Å². The van der Waals surface area contributed by atoms with Gasteiger partial charge in [0.2, 0.25) is 11.4 Å². The van der Waals surface area contributed by atoms with E-state index in [2.05, 4.69) is 53.1 Å². The standard InChI is InChI=1S/C26H21NO2.ClHO4/c28-26(29)16-17-27-24(21-12-6-2-7-13-21)18-23(20-10-4-1-5-11-20)19-25(27)22-14-8-3-9-15-22;2-1(3,4)5/h1-15,18-19H,16-17H2;(H,2,3,4,5). The van der Waals surface area contributed by atoms with Crippen LogP contribution in [0.1, 0.15) is 6.42 Å². The Morgan fingerprint density at radius 2 is 1.00 bits per heavy atom. The summed E-state index contributed by atoms with van der Waals surface area (Å²) in [6.45, 7) is 0.402. The summed E-state index contributed by atoms with van der Waals surface area (Å²) in [5, 5.41) is 9.32. The van der Waals surface area contributed by atoms with Crippen LogP contribution in [0.25, 0.3) is 33.6 Å². The Morgan fingerprint density at radius 1 is 0.647 bits per heavy atom. The van der Waals surface area contributed by atoms with Crippen LogP contribution in [-0.4, -0.2) is 11.1 Å². The van der Waals surface area contributed by atoms with E-state index in [4.69, 9.17) is 18.6 Å². The molecule has 1 N–H and O–H groups in total. The second-order valence-corrected chi connectivity index (χ2v) is 8.04. The topological polar surface area (TPSA) is 133 Å². The summed E-state index contributed by atoms with van der Waals surface area (Å²) in [5.41, 5.74) is 6.38. The van der Waals surface area contributed by atoms with Crippen molar-refractivity contribution in [3.63, 3.8) is 0 Å². The van der Waals surface area contributed by atoms with Crippen LogP contribution < -0.4 is 23.2 Å². The number of benzene rings is 3. The van der Waals surface area contributed by atoms with Crippen molar-refractivity contribution in [1.29, 1.82) is 0 Å². The highest BCUT2D eigenvalue weighted by atomic mass is 35.7. The van der Waals surface area contributed by atoms with E-state index in [1.807, 2.05) is 54.6 Å². The van der Waals surface area contributed by atoms with Crippen molar-refractivity contribution in [1.82, 2.24) is 0 Å². The maximum atomic E-state index is 11.3. The van der Waals surface area contributed by atoms with Crippen molar-refractivity contribution in [2.45, 2.75) is 13.0 Å². The number of halogens is 1. The van der Waals surface area contributed by atoms with E-state index >= 15 is 0 Å². The van der Waals surface area contributed by atoms with E-state index in [-0.39, 0.29) is 6.42 Å². The van der Waals surface area contributed by atoms with E-state index < -0.39 is 16.2 Å². The second-order valence-electron chi connectivity index (χ2n) is 7.29. The number of nitrogens with zero attached hydrogens (tertiary/aromatic N) is 1. The molecule has 174 valence electrons. The third kappa shape index (κ3) is 7.48. The zero-order valence-corrected chi connectivity index (χ0v) is 18.8. The minimum Gasteiger partial charge on any atom is -0.481 e. The van der Waals surface area contributed by atoms with Gasteiger partial charge in [0.1, 0.15) is 6.42 Å². The normalized spacial score (nSPS) is 10.8. The highest BCUT2D eigenvalue weighted by Gasteiger charge is 2.23. The van der Waals surface area contributed by atoms with E-state index in [1.165, 1.54) is 0 Å². The fourth-order valence-corrected chi connectivity index (χ4v) is 3.56. The first-order valence-electron chi connectivity index (χ1n) is 10.3. The summed E-state index contributed by atoms with van der Waals surface area (Å²) in [5.74, 6) is -0.803. The number of carbonyl (C=O) groups is 1. The zero-order chi connectivity index (χ0) is 24.6. The van der Waals surface area contributed by atoms with Crippen LogP contribution in [0.15, 0.2) is 103 Å². The molecule has 1 heterocycles. The zero-order valence-electron chi connectivity index (χ0n) is 18.0. The van der Waals surface area contributed by atoms with Gasteiger partial charge in [-0.05, 0) is 35.4 Å². The molecule has 0 atom stereocenters. The third-order valence-corrected chi connectivity index (χ3v) is 4.96. The molecule has 0 aliphatic heterocycles. The van der Waals surface area contributed by atoms with Crippen molar-refractivity contribution in [2.75, 3.05) is 0 Å². The van der Waals surface area contributed by atoms with Gasteiger partial charge in [0.25, 0.3) is 0 Å². The molecule has 0 spiro atoms. The number of carboxylic acids is 1. The maximum Gasteiger partial charge on any atom is 0.309 e. The number of pyridine rings is 1. The molecule has 1 aromatic heterocycles. The molecule has 3 aromatic carbocycles. The van der Waals surface area contributed by atoms with Gasteiger partial charge < -0.3 is 5.11 Å². The molecule has 0 saturated carbocycles. The van der Waals surface area contributed by atoms with Gasteiger partial charge in [-0.25, -0.2) is 18.6 Å². The quantitative estimate of drug-likeness (QED) is 0.404. The molecule has 0 saturated heterocycles. The van der Waals surface area contributed by atoms with Crippen LogP contribution >= 0.6 is 0 Å². The number of carboxylic acid groups (broad SMARTS) is 1. The highest BCUT2D eigenvalue weighted by Crippen LogP contribution is 2.29. The first kappa shape index (κ1) is 25.0. The highest BCUT2D eigenvalue weighted by molar-refractivity contribution is 5.73. The largest absolute Gasteiger partial charge is 0.481 e. The van der Waals surface area contributed by atoms with Gasteiger partial charge in [-0.2, -0.15) is 4.57 Å². The van der Waals surface area contributed by atoms with Crippen molar-refractivity contribution in [2.24, 2.45) is 0 Å². The Balaban J connectivity index is 0.000000588. The summed E-state index contributed by atoms with van der Waals surface area (Å²) in [6, 6.07) is 34.9. The smallest absolute Gasteiger partial charge is 0.309 e. The summed E-state index contributed by atoms with van der Waals surface area (Å²) >= 11 is 0. The average molecular weight is 480 g/mol. The number of rotatable bonds is 6. The predicted molar refractivity (Wildman–Crippen MR) is 115 cm³/mol. The van der Waals surface area contributed by atoms with E-state index in [0.717, 1.165) is 33.6 Å². The molecule has 8 heteroatoms. The summed E-state index contributed by atoms with van der Waals surface area (Å²) in [6.07, 6.45) is 0.0645. The molecule has 4 aromatic rings. The lowest BCUT2D eigenvalue weighted by Crippen LogP contribution is -2.68. The molecular formula is C26H22ClNO6. The summed E-state index contributed by atoms with van der Waals surface area (Å²) in [7, 11) is -4.94. The fourth-order valence-electron chi connectivity index (χ4n) is 3.56. The van der Waals surface area contributed by atoms with Gasteiger partial charge >= 0.3 is 5.97 Å². The molecule has 0 aliphatic carbocycles. The van der Waals surface area contributed by atoms with Crippen LogP contribution in [0, 0.1) is 10.2 Å². The second kappa shape index (κ2) is 11.5. The lowest BCUT2D eigenvalue weighted by atomic mass is 9.99. The van der Waals surface area contributed by atoms with Crippen LogP contribution in [-0.2, 0) is 11.3 Å². The predicted octanol–water partition coefficient (Wildman–Crippen LogP) is 0.694. The first-order valence-corrected chi connectivity index (χ1v) is 11.5. The fraction of sp³-hybridized carbons (Fsp3) is 0.0769. The van der Waals surface area contributed by atoms with Crippen LogP contribution in [0.4, 0.5) is 0 Å². The number of hydrogen-bond acceptors (Lipinski definition) is 5. The van der Waals surface area contributed by atoms with Gasteiger partial charge in [-0.15, -0.1) is 10.2 Å². The first-order chi connectivity index (χ1) is 16.2. The molecule has 0 bridgehead atoms. The molecule has 7 nitrogen and oxygen atoms in total. The molecule has 0 radical (unpaired) electrons. The number of hydrogen-bond donors (Lipinski definition) is 1. The third-order valence-electron chi connectivity index (χ3n) is 4.96. The van der Waals surface area contributed by atoms with E-state index in [9.17, 15) is 9.90 Å². The Labute approximate surface area is 199 Å². The minimum atomic E-state index is -4.94. The number of aliphatic carboxylic acids is 1. The molecule has 0 amide bonds. The lowest BCUT2D eigenvalue weighted by Gasteiger charge is -2.17. The Kier molecular flexibility index (Phi) is 8.48. The summed E-state index contributed by atoms with van der Waals surface area (Å²) < 4.78 is 36.1. The number of aromatic nitrogens is 1. The Bertz CT molecular complexity index is 1150. The molecule has 0 aliphatic rings. The van der Waals surface area contributed by atoms with E-state index in [1.54, 1.807) is 0 Å². The Hall–Kier alpha value is -3.59. The molecule has 0 unspecified atom stereocenters. The SMILES string of the molecule is O=C(O)CC[n+]1c(-c2ccccc2)cc(-c2ccccc2)cc1-c1ccccc1.[O-][Cl+3]([O-])([O-])[O-]. The molecule has 4 rings (SSSR count). The molecule has 0 fully saturated rings. The molecule has 34 heavy (non-hydrogen) atoms. The average Bonchev–Trinajstić information content (AvgIpc) is 2.83. The van der Waals surface area contributed by atoms with Gasteiger partial charge in [0, 0.05) is 23.3 Å². The van der Waals surface area contributed by atoms with Crippen molar-refractivity contribution in [3.8, 4) is 33.6 Å². The Morgan fingerprint density at radius 3 is 1.35 bits per heavy atom. The van der Waals surface area contributed by atoms with Gasteiger partial charge in [0.05, 0.1) is 0 Å². The monoisotopic (exact) mass is 479 g/mol. The van der Waals surface area contributed by atoms with Crippen molar-refractivity contribution >= 4 is 5.97 Å². The van der Waals surface area contributed by atoms with Crippen LogP contribution in [0.5, 0.6) is 0 Å².